The highest BCUT2D eigenvalue weighted by Crippen LogP contribution is 2.36. The van der Waals surface area contributed by atoms with Crippen molar-refractivity contribution in [3.8, 4) is 22.4 Å². The first kappa shape index (κ1) is 19.9. The molecule has 0 atom stereocenters. The van der Waals surface area contributed by atoms with Crippen LogP contribution in [0, 0.1) is 5.82 Å². The molecular formula is C22H14F4N6. The van der Waals surface area contributed by atoms with Gasteiger partial charge in [0, 0.05) is 42.1 Å². The maximum atomic E-state index is 14.6. The van der Waals surface area contributed by atoms with E-state index in [-0.39, 0.29) is 12.4 Å². The van der Waals surface area contributed by atoms with Gasteiger partial charge in [-0.2, -0.15) is 13.2 Å². The molecule has 0 radical (unpaired) electrons. The lowest BCUT2D eigenvalue weighted by atomic mass is 10.0. The highest BCUT2D eigenvalue weighted by Gasteiger charge is 2.33. The highest BCUT2D eigenvalue weighted by atomic mass is 19.4. The molecule has 1 aliphatic heterocycles. The van der Waals surface area contributed by atoms with E-state index in [9.17, 15) is 17.6 Å². The number of halogens is 4. The lowest BCUT2D eigenvalue weighted by Crippen LogP contribution is -2.21. The van der Waals surface area contributed by atoms with Crippen molar-refractivity contribution in [2.45, 2.75) is 6.18 Å². The maximum Gasteiger partial charge on any atom is 0.433 e. The number of rotatable bonds is 3. The largest absolute Gasteiger partial charge is 0.433 e. The molecule has 0 N–H and O–H groups in total. The number of alkyl halides is 3. The number of hydrogen-bond acceptors (Lipinski definition) is 5. The van der Waals surface area contributed by atoms with Crippen molar-refractivity contribution in [1.29, 1.82) is 0 Å². The van der Waals surface area contributed by atoms with Gasteiger partial charge < -0.3 is 4.90 Å². The Bertz CT molecular complexity index is 1360. The van der Waals surface area contributed by atoms with Crippen LogP contribution in [0.1, 0.15) is 5.69 Å². The van der Waals surface area contributed by atoms with Gasteiger partial charge >= 0.3 is 6.18 Å². The molecule has 0 saturated carbocycles. The Morgan fingerprint density at radius 3 is 2.47 bits per heavy atom. The number of anilines is 1. The fraction of sp³-hybridized carbons (Fsp3) is 0.0909. The first-order valence-corrected chi connectivity index (χ1v) is 9.52. The fourth-order valence-electron chi connectivity index (χ4n) is 3.49. The van der Waals surface area contributed by atoms with Gasteiger partial charge in [0.25, 0.3) is 0 Å². The Kier molecular flexibility index (Phi) is 4.69. The zero-order chi connectivity index (χ0) is 22.3. The number of imidazole rings is 1. The van der Waals surface area contributed by atoms with Crippen molar-refractivity contribution in [2.75, 3.05) is 11.6 Å². The average Bonchev–Trinajstić information content (AvgIpc) is 3.19. The third-order valence-corrected chi connectivity index (χ3v) is 4.95. The quantitative estimate of drug-likeness (QED) is 0.424. The van der Waals surface area contributed by atoms with Gasteiger partial charge in [-0.15, -0.1) is 0 Å². The van der Waals surface area contributed by atoms with E-state index in [1.807, 2.05) is 0 Å². The number of nitrogens with zero attached hydrogens (tertiary/aromatic N) is 6. The van der Waals surface area contributed by atoms with E-state index in [1.54, 1.807) is 54.0 Å². The molecule has 0 unspecified atom stereocenters. The Morgan fingerprint density at radius 1 is 0.938 bits per heavy atom. The third-order valence-electron chi connectivity index (χ3n) is 4.95. The summed E-state index contributed by atoms with van der Waals surface area (Å²) in [6.07, 6.45) is 4.85. The first-order chi connectivity index (χ1) is 15.4. The van der Waals surface area contributed by atoms with Crippen molar-refractivity contribution in [3.63, 3.8) is 0 Å². The zero-order valence-electron chi connectivity index (χ0n) is 16.3. The lowest BCUT2D eigenvalue weighted by Gasteiger charge is -2.21. The molecule has 0 spiro atoms. The summed E-state index contributed by atoms with van der Waals surface area (Å²) in [5.41, 5.74) is 0.773. The molecule has 4 heterocycles. The van der Waals surface area contributed by atoms with Crippen molar-refractivity contribution < 1.29 is 17.6 Å². The Morgan fingerprint density at radius 2 is 1.75 bits per heavy atom. The minimum Gasteiger partial charge on any atom is -0.312 e. The second kappa shape index (κ2) is 7.56. The van der Waals surface area contributed by atoms with Gasteiger partial charge in [-0.1, -0.05) is 0 Å². The second-order valence-corrected chi connectivity index (χ2v) is 6.98. The van der Waals surface area contributed by atoms with E-state index in [4.69, 9.17) is 0 Å². The molecule has 160 valence electrons. The molecule has 4 aromatic rings. The van der Waals surface area contributed by atoms with Gasteiger partial charge in [-0.3, -0.25) is 14.4 Å². The second-order valence-electron chi connectivity index (χ2n) is 6.98. The van der Waals surface area contributed by atoms with Crippen molar-refractivity contribution in [1.82, 2.24) is 19.4 Å². The molecule has 5 rings (SSSR count). The number of benzene rings is 1. The van der Waals surface area contributed by atoms with Crippen LogP contribution in [-0.2, 0) is 6.18 Å². The summed E-state index contributed by atoms with van der Waals surface area (Å²) in [4.78, 5) is 18.0. The SMILES string of the molecule is Fc1ccc(-c2nc3nc(C(F)(F)F)ccn3c2N2C=CC=NC2)cc1-c1ccncc1. The van der Waals surface area contributed by atoms with Gasteiger partial charge in [0.2, 0.25) is 5.78 Å². The summed E-state index contributed by atoms with van der Waals surface area (Å²) in [6, 6.07) is 8.69. The number of aliphatic imine (C=N–C) groups is 1. The van der Waals surface area contributed by atoms with E-state index in [2.05, 4.69) is 19.9 Å². The topological polar surface area (TPSA) is 58.7 Å². The average molecular weight is 438 g/mol. The Balaban J connectivity index is 1.73. The standard InChI is InChI=1S/C22H14F4N6/c23-17-3-2-15(12-16(17)14-4-8-27-9-5-14)19-20(31-10-1-7-28-13-31)32-11-6-18(22(24,25)26)29-21(32)30-19/h1-12H,13H2. The summed E-state index contributed by atoms with van der Waals surface area (Å²) in [5, 5.41) is 0. The molecule has 1 aromatic carbocycles. The molecule has 0 bridgehead atoms. The van der Waals surface area contributed by atoms with Gasteiger partial charge in [-0.05, 0) is 48.0 Å². The normalized spacial score (nSPS) is 13.8. The maximum absolute atomic E-state index is 14.6. The number of fused-ring (bicyclic) bond motifs is 1. The summed E-state index contributed by atoms with van der Waals surface area (Å²) >= 11 is 0. The van der Waals surface area contributed by atoms with E-state index in [0.29, 0.717) is 28.2 Å². The predicted molar refractivity (Wildman–Crippen MR) is 112 cm³/mol. The molecule has 32 heavy (non-hydrogen) atoms. The molecule has 0 amide bonds. The number of pyridine rings is 1. The number of hydrogen-bond donors (Lipinski definition) is 0. The molecule has 10 heteroatoms. The molecule has 0 aliphatic carbocycles. The van der Waals surface area contributed by atoms with Gasteiger partial charge in [0.1, 0.15) is 29.7 Å². The third kappa shape index (κ3) is 3.49. The van der Waals surface area contributed by atoms with Crippen LogP contribution in [0.15, 0.2) is 72.3 Å². The summed E-state index contributed by atoms with van der Waals surface area (Å²) in [7, 11) is 0. The molecular weight excluding hydrogens is 424 g/mol. The van der Waals surface area contributed by atoms with Crippen LogP contribution < -0.4 is 4.90 Å². The van der Waals surface area contributed by atoms with E-state index in [0.717, 1.165) is 6.07 Å². The number of aromatic nitrogens is 4. The van der Waals surface area contributed by atoms with Crippen LogP contribution in [-0.4, -0.2) is 32.2 Å². The smallest absolute Gasteiger partial charge is 0.312 e. The van der Waals surface area contributed by atoms with Gasteiger partial charge in [0.05, 0.1) is 0 Å². The van der Waals surface area contributed by atoms with Crippen LogP contribution in [0.5, 0.6) is 0 Å². The van der Waals surface area contributed by atoms with Crippen molar-refractivity contribution >= 4 is 17.8 Å². The van der Waals surface area contributed by atoms with Crippen LogP contribution in [0.2, 0.25) is 0 Å². The minimum atomic E-state index is -4.60. The predicted octanol–water partition coefficient (Wildman–Crippen LogP) is 4.98. The van der Waals surface area contributed by atoms with Crippen LogP contribution in [0.4, 0.5) is 23.4 Å². The zero-order valence-corrected chi connectivity index (χ0v) is 16.3. The Hall–Kier alpha value is -4.08. The molecule has 0 fully saturated rings. The van der Waals surface area contributed by atoms with Crippen molar-refractivity contribution in [2.24, 2.45) is 4.99 Å². The lowest BCUT2D eigenvalue weighted by molar-refractivity contribution is -0.141. The molecule has 6 nitrogen and oxygen atoms in total. The van der Waals surface area contributed by atoms with Crippen LogP contribution >= 0.6 is 0 Å². The molecule has 3 aromatic heterocycles. The summed E-state index contributed by atoms with van der Waals surface area (Å²) in [6.45, 7) is 0.247. The fourth-order valence-corrected chi connectivity index (χ4v) is 3.49. The summed E-state index contributed by atoms with van der Waals surface area (Å²) < 4.78 is 55.7. The van der Waals surface area contributed by atoms with E-state index >= 15 is 0 Å². The first-order valence-electron chi connectivity index (χ1n) is 9.52. The highest BCUT2D eigenvalue weighted by molar-refractivity contribution is 5.82. The summed E-state index contributed by atoms with van der Waals surface area (Å²) in [5.74, 6) is -0.0885. The van der Waals surface area contributed by atoms with Crippen LogP contribution in [0.25, 0.3) is 28.2 Å². The van der Waals surface area contributed by atoms with Gasteiger partial charge in [0.15, 0.2) is 0 Å². The van der Waals surface area contributed by atoms with Gasteiger partial charge in [-0.25, -0.2) is 14.4 Å². The molecule has 1 aliphatic rings. The van der Waals surface area contributed by atoms with E-state index < -0.39 is 17.7 Å². The van der Waals surface area contributed by atoms with E-state index in [1.165, 1.54) is 22.7 Å². The molecule has 0 saturated heterocycles. The minimum absolute atomic E-state index is 0.123. The van der Waals surface area contributed by atoms with Crippen LogP contribution in [0.3, 0.4) is 0 Å². The Labute approximate surface area is 179 Å². The van der Waals surface area contributed by atoms with Crippen molar-refractivity contribution in [3.05, 3.63) is 78.8 Å². The number of allylic oxidation sites excluding steroid dienone is 1. The monoisotopic (exact) mass is 438 g/mol.